The van der Waals surface area contributed by atoms with Gasteiger partial charge in [0.15, 0.2) is 0 Å². The Balaban J connectivity index is 2.03. The highest BCUT2D eigenvalue weighted by Gasteiger charge is 2.42. The molecule has 0 aliphatic heterocycles. The van der Waals surface area contributed by atoms with Crippen molar-refractivity contribution in [3.63, 3.8) is 0 Å². The molecule has 1 aromatic carbocycles. The van der Waals surface area contributed by atoms with Crippen LogP contribution in [0.25, 0.3) is 0 Å². The van der Waals surface area contributed by atoms with Crippen LogP contribution in [0.4, 0.5) is 0 Å². The molecule has 2 N–H and O–H groups in total. The fraction of sp³-hybridized carbons (Fsp3) is 0.562. The number of nitrogens with one attached hydrogen (secondary N) is 1. The lowest BCUT2D eigenvalue weighted by molar-refractivity contribution is -0.147. The van der Waals surface area contributed by atoms with Crippen LogP contribution in [0.3, 0.4) is 0 Å². The lowest BCUT2D eigenvalue weighted by atomic mass is 9.80. The number of rotatable bonds is 5. The molecule has 0 bridgehead atoms. The van der Waals surface area contributed by atoms with Gasteiger partial charge in [-0.05, 0) is 50.4 Å². The summed E-state index contributed by atoms with van der Waals surface area (Å²) in [6, 6.07) is 8.05. The van der Waals surface area contributed by atoms with Crippen LogP contribution in [0.1, 0.15) is 38.2 Å². The van der Waals surface area contributed by atoms with Gasteiger partial charge < -0.3 is 15.2 Å². The number of likely N-dealkylation sites (N-methyl/N-ethyl adjacent to an activating group) is 1. The van der Waals surface area contributed by atoms with E-state index < -0.39 is 11.5 Å². The van der Waals surface area contributed by atoms with Gasteiger partial charge in [0, 0.05) is 6.42 Å². The summed E-state index contributed by atoms with van der Waals surface area (Å²) >= 11 is 0. The molecule has 2 rings (SSSR count). The van der Waals surface area contributed by atoms with E-state index in [-0.39, 0.29) is 6.10 Å². The van der Waals surface area contributed by atoms with Crippen molar-refractivity contribution in [1.82, 2.24) is 5.32 Å². The molecule has 0 saturated heterocycles. The van der Waals surface area contributed by atoms with Crippen molar-refractivity contribution in [2.45, 2.75) is 50.7 Å². The van der Waals surface area contributed by atoms with Gasteiger partial charge in [0.1, 0.15) is 17.4 Å². The van der Waals surface area contributed by atoms with Crippen LogP contribution in [0, 0.1) is 0 Å². The SMILES string of the molecule is CCc1ccc(OC2CCCC(NC)(C(=O)O)C2)cc1. The van der Waals surface area contributed by atoms with Crippen LogP contribution in [0.5, 0.6) is 5.75 Å². The molecule has 0 radical (unpaired) electrons. The standard InChI is InChI=1S/C16H23NO3/c1-3-12-6-8-13(9-7-12)20-14-5-4-10-16(11-14,17-2)15(18)19/h6-9,14,17H,3-5,10-11H2,1-2H3,(H,18,19). The third kappa shape index (κ3) is 3.12. The second-order valence-corrected chi connectivity index (χ2v) is 5.47. The van der Waals surface area contributed by atoms with E-state index in [0.29, 0.717) is 12.8 Å². The lowest BCUT2D eigenvalue weighted by Crippen LogP contribution is -2.55. The molecule has 110 valence electrons. The molecule has 4 heteroatoms. The highest BCUT2D eigenvalue weighted by Crippen LogP contribution is 2.31. The molecule has 0 aromatic heterocycles. The van der Waals surface area contributed by atoms with Gasteiger partial charge in [-0.15, -0.1) is 0 Å². The van der Waals surface area contributed by atoms with Gasteiger partial charge in [0.2, 0.25) is 0 Å². The van der Waals surface area contributed by atoms with E-state index in [2.05, 4.69) is 24.4 Å². The monoisotopic (exact) mass is 277 g/mol. The van der Waals surface area contributed by atoms with Gasteiger partial charge in [-0.1, -0.05) is 19.1 Å². The van der Waals surface area contributed by atoms with Crippen molar-refractivity contribution < 1.29 is 14.6 Å². The van der Waals surface area contributed by atoms with Crippen molar-refractivity contribution in [2.24, 2.45) is 0 Å². The topological polar surface area (TPSA) is 58.6 Å². The fourth-order valence-corrected chi connectivity index (χ4v) is 2.85. The third-order valence-corrected chi connectivity index (χ3v) is 4.23. The molecule has 2 atom stereocenters. The van der Waals surface area contributed by atoms with Crippen LogP contribution in [-0.4, -0.2) is 29.8 Å². The summed E-state index contributed by atoms with van der Waals surface area (Å²) in [7, 11) is 1.71. The quantitative estimate of drug-likeness (QED) is 0.868. The van der Waals surface area contributed by atoms with Gasteiger partial charge in [0.25, 0.3) is 0 Å². The van der Waals surface area contributed by atoms with Gasteiger partial charge >= 0.3 is 5.97 Å². The number of hydrogen-bond donors (Lipinski definition) is 2. The van der Waals surface area contributed by atoms with Crippen molar-refractivity contribution in [3.05, 3.63) is 29.8 Å². The molecule has 1 saturated carbocycles. The maximum Gasteiger partial charge on any atom is 0.324 e. The Morgan fingerprint density at radius 3 is 2.70 bits per heavy atom. The number of carbonyl (C=O) groups is 1. The average Bonchev–Trinajstić information content (AvgIpc) is 2.48. The minimum absolute atomic E-state index is 0.0419. The predicted octanol–water partition coefficient (Wildman–Crippen LogP) is 2.61. The van der Waals surface area contributed by atoms with E-state index >= 15 is 0 Å². The number of benzene rings is 1. The van der Waals surface area contributed by atoms with Crippen molar-refractivity contribution in [3.8, 4) is 5.75 Å². The number of hydrogen-bond acceptors (Lipinski definition) is 3. The highest BCUT2D eigenvalue weighted by molar-refractivity contribution is 5.79. The number of carboxylic acids is 1. The number of ether oxygens (including phenoxy) is 1. The number of aryl methyl sites for hydroxylation is 1. The predicted molar refractivity (Wildman–Crippen MR) is 78.1 cm³/mol. The lowest BCUT2D eigenvalue weighted by Gasteiger charge is -2.37. The third-order valence-electron chi connectivity index (χ3n) is 4.23. The van der Waals surface area contributed by atoms with Crippen molar-refractivity contribution >= 4 is 5.97 Å². The van der Waals surface area contributed by atoms with Crippen LogP contribution in [0.15, 0.2) is 24.3 Å². The first-order valence-corrected chi connectivity index (χ1v) is 7.27. The maximum atomic E-state index is 11.5. The Morgan fingerprint density at radius 2 is 2.15 bits per heavy atom. The van der Waals surface area contributed by atoms with Gasteiger partial charge in [-0.2, -0.15) is 0 Å². The largest absolute Gasteiger partial charge is 0.490 e. The summed E-state index contributed by atoms with van der Waals surface area (Å²) in [6.07, 6.45) is 3.91. The molecular formula is C16H23NO3. The summed E-state index contributed by atoms with van der Waals surface area (Å²) in [4.78, 5) is 11.5. The van der Waals surface area contributed by atoms with Crippen molar-refractivity contribution in [2.75, 3.05) is 7.05 Å². The molecular weight excluding hydrogens is 254 g/mol. The van der Waals surface area contributed by atoms with E-state index in [0.717, 1.165) is 25.0 Å². The molecule has 0 amide bonds. The molecule has 1 fully saturated rings. The Labute approximate surface area is 120 Å². The van der Waals surface area contributed by atoms with Gasteiger partial charge in [-0.3, -0.25) is 4.79 Å². The fourth-order valence-electron chi connectivity index (χ4n) is 2.85. The second kappa shape index (κ2) is 6.27. The Morgan fingerprint density at radius 1 is 1.45 bits per heavy atom. The zero-order chi connectivity index (χ0) is 14.6. The Bertz CT molecular complexity index is 457. The molecule has 4 nitrogen and oxygen atoms in total. The highest BCUT2D eigenvalue weighted by atomic mass is 16.5. The summed E-state index contributed by atoms with van der Waals surface area (Å²) in [6.45, 7) is 2.12. The van der Waals surface area contributed by atoms with E-state index in [4.69, 9.17) is 4.74 Å². The van der Waals surface area contributed by atoms with Crippen molar-refractivity contribution in [1.29, 1.82) is 0 Å². The zero-order valence-corrected chi connectivity index (χ0v) is 12.2. The molecule has 1 aromatic rings. The summed E-state index contributed by atoms with van der Waals surface area (Å²) in [5, 5.41) is 12.4. The first-order valence-electron chi connectivity index (χ1n) is 7.27. The summed E-state index contributed by atoms with van der Waals surface area (Å²) < 4.78 is 5.96. The number of carboxylic acid groups (broad SMARTS) is 1. The minimum Gasteiger partial charge on any atom is -0.490 e. The molecule has 20 heavy (non-hydrogen) atoms. The first kappa shape index (κ1) is 14.9. The van der Waals surface area contributed by atoms with Crippen LogP contribution < -0.4 is 10.1 Å². The normalized spacial score (nSPS) is 26.2. The molecule has 0 spiro atoms. The average molecular weight is 277 g/mol. The summed E-state index contributed by atoms with van der Waals surface area (Å²) in [5.41, 5.74) is 0.433. The van der Waals surface area contributed by atoms with E-state index in [1.54, 1.807) is 7.05 Å². The summed E-state index contributed by atoms with van der Waals surface area (Å²) in [5.74, 6) is 0.0409. The van der Waals surface area contributed by atoms with Crippen LogP contribution >= 0.6 is 0 Å². The Hall–Kier alpha value is -1.55. The van der Waals surface area contributed by atoms with E-state index in [9.17, 15) is 9.90 Å². The molecule has 2 unspecified atom stereocenters. The van der Waals surface area contributed by atoms with Gasteiger partial charge in [0.05, 0.1) is 0 Å². The van der Waals surface area contributed by atoms with Gasteiger partial charge in [-0.25, -0.2) is 0 Å². The number of aliphatic carboxylic acids is 1. The maximum absolute atomic E-state index is 11.5. The molecule has 1 aliphatic carbocycles. The molecule has 1 aliphatic rings. The van der Waals surface area contributed by atoms with E-state index in [1.807, 2.05) is 12.1 Å². The first-order chi connectivity index (χ1) is 9.59. The molecule has 0 heterocycles. The van der Waals surface area contributed by atoms with Crippen LogP contribution in [0.2, 0.25) is 0 Å². The Kier molecular flexibility index (Phi) is 4.65. The van der Waals surface area contributed by atoms with Crippen LogP contribution in [-0.2, 0) is 11.2 Å². The zero-order valence-electron chi connectivity index (χ0n) is 12.2. The minimum atomic E-state index is -0.841. The smallest absolute Gasteiger partial charge is 0.324 e. The van der Waals surface area contributed by atoms with E-state index in [1.165, 1.54) is 5.56 Å². The second-order valence-electron chi connectivity index (χ2n) is 5.47.